The highest BCUT2D eigenvalue weighted by Gasteiger charge is 2.05. The number of methoxy groups -OCH3 is 1. The third-order valence-electron chi connectivity index (χ3n) is 2.70. The van der Waals surface area contributed by atoms with Crippen molar-refractivity contribution in [2.45, 2.75) is 32.3 Å². The van der Waals surface area contributed by atoms with E-state index in [2.05, 4.69) is 0 Å². The number of hydrogen-bond donors (Lipinski definition) is 2. The summed E-state index contributed by atoms with van der Waals surface area (Å²) in [5, 5.41) is 17.5. The first-order valence-electron chi connectivity index (χ1n) is 6.29. The zero-order valence-corrected chi connectivity index (χ0v) is 11.1. The Hall–Kier alpha value is -1.75. The quantitative estimate of drug-likeness (QED) is 0.671. The first-order valence-corrected chi connectivity index (χ1v) is 6.29. The first-order chi connectivity index (χ1) is 9.17. The molecule has 2 N–H and O–H groups in total. The van der Waals surface area contributed by atoms with Crippen LogP contribution in [0.15, 0.2) is 18.2 Å². The number of rotatable bonds is 9. The number of unbranched alkanes of at least 4 members (excludes halogenated alkanes) is 2. The van der Waals surface area contributed by atoms with Crippen LogP contribution in [0.2, 0.25) is 0 Å². The fraction of sp³-hybridized carbons (Fsp3) is 0.500. The number of hydrogen-bond acceptors (Lipinski definition) is 4. The van der Waals surface area contributed by atoms with E-state index in [1.54, 1.807) is 25.3 Å². The second-order valence-electron chi connectivity index (χ2n) is 4.20. The van der Waals surface area contributed by atoms with Gasteiger partial charge in [-0.3, -0.25) is 4.79 Å². The summed E-state index contributed by atoms with van der Waals surface area (Å²) in [5.74, 6) is 0.470. The molecule has 0 aliphatic carbocycles. The van der Waals surface area contributed by atoms with Crippen molar-refractivity contribution in [3.05, 3.63) is 23.8 Å². The van der Waals surface area contributed by atoms with Gasteiger partial charge < -0.3 is 19.7 Å². The summed E-state index contributed by atoms with van der Waals surface area (Å²) in [4.78, 5) is 10.3. The number of aliphatic hydroxyl groups is 1. The zero-order chi connectivity index (χ0) is 14.1. The maximum atomic E-state index is 10.3. The molecule has 0 saturated heterocycles. The predicted molar refractivity (Wildman–Crippen MR) is 70.5 cm³/mol. The average Bonchev–Trinajstić information content (AvgIpc) is 2.42. The third-order valence-corrected chi connectivity index (χ3v) is 2.70. The molecular formula is C14H20O5. The minimum atomic E-state index is -0.762. The Morgan fingerprint density at radius 2 is 2.00 bits per heavy atom. The van der Waals surface area contributed by atoms with Crippen molar-refractivity contribution in [2.75, 3.05) is 13.7 Å². The van der Waals surface area contributed by atoms with E-state index in [1.807, 2.05) is 0 Å². The first kappa shape index (κ1) is 15.3. The van der Waals surface area contributed by atoms with Gasteiger partial charge in [0.05, 0.1) is 20.3 Å². The lowest BCUT2D eigenvalue weighted by Crippen LogP contribution is -2.01. The summed E-state index contributed by atoms with van der Waals surface area (Å²) in [6.45, 7) is 0.486. The topological polar surface area (TPSA) is 76.0 Å². The second-order valence-corrected chi connectivity index (χ2v) is 4.20. The number of aliphatic hydroxyl groups excluding tert-OH is 1. The van der Waals surface area contributed by atoms with Crippen LogP contribution in [0, 0.1) is 0 Å². The standard InChI is InChI=1S/C14H20O5/c1-18-13-9-11(10-15)6-7-12(13)19-8-4-2-3-5-14(16)17/h6-7,9,15H,2-5,8,10H2,1H3,(H,16,17). The van der Waals surface area contributed by atoms with E-state index in [-0.39, 0.29) is 13.0 Å². The maximum Gasteiger partial charge on any atom is 0.303 e. The molecule has 0 heterocycles. The molecule has 1 rings (SSSR count). The van der Waals surface area contributed by atoms with Crippen molar-refractivity contribution in [1.29, 1.82) is 0 Å². The zero-order valence-electron chi connectivity index (χ0n) is 11.1. The van der Waals surface area contributed by atoms with Gasteiger partial charge in [-0.2, -0.15) is 0 Å². The molecule has 106 valence electrons. The maximum absolute atomic E-state index is 10.3. The fourth-order valence-electron chi connectivity index (χ4n) is 1.67. The summed E-state index contributed by atoms with van der Waals surface area (Å²) >= 11 is 0. The van der Waals surface area contributed by atoms with Gasteiger partial charge in [0.2, 0.25) is 0 Å². The summed E-state index contributed by atoms with van der Waals surface area (Å²) in [6, 6.07) is 5.28. The van der Waals surface area contributed by atoms with E-state index in [9.17, 15) is 4.79 Å². The van der Waals surface area contributed by atoms with Gasteiger partial charge in [-0.25, -0.2) is 0 Å². The van der Waals surface area contributed by atoms with Gasteiger partial charge in [0, 0.05) is 6.42 Å². The van der Waals surface area contributed by atoms with E-state index in [0.717, 1.165) is 18.4 Å². The minimum absolute atomic E-state index is 0.0359. The van der Waals surface area contributed by atoms with Gasteiger partial charge >= 0.3 is 5.97 Å². The van der Waals surface area contributed by atoms with Crippen LogP contribution in [-0.2, 0) is 11.4 Å². The van der Waals surface area contributed by atoms with Gasteiger partial charge in [-0.1, -0.05) is 6.07 Å². The van der Waals surface area contributed by atoms with E-state index < -0.39 is 5.97 Å². The second kappa shape index (κ2) is 8.37. The molecule has 0 saturated carbocycles. The Labute approximate surface area is 112 Å². The number of carboxylic acid groups (broad SMARTS) is 1. The van der Waals surface area contributed by atoms with E-state index in [1.165, 1.54) is 0 Å². The van der Waals surface area contributed by atoms with Crippen molar-refractivity contribution >= 4 is 5.97 Å². The summed E-state index contributed by atoms with van der Waals surface area (Å²) in [7, 11) is 1.55. The van der Waals surface area contributed by atoms with E-state index in [0.29, 0.717) is 24.5 Å². The largest absolute Gasteiger partial charge is 0.493 e. The lowest BCUT2D eigenvalue weighted by atomic mass is 10.2. The van der Waals surface area contributed by atoms with Crippen molar-refractivity contribution in [2.24, 2.45) is 0 Å². The number of carboxylic acids is 1. The summed E-state index contributed by atoms with van der Waals surface area (Å²) in [6.07, 6.45) is 2.50. The molecule has 5 heteroatoms. The van der Waals surface area contributed by atoms with Gasteiger partial charge in [-0.05, 0) is 37.0 Å². The molecule has 0 spiro atoms. The minimum Gasteiger partial charge on any atom is -0.493 e. The fourth-order valence-corrected chi connectivity index (χ4v) is 1.67. The van der Waals surface area contributed by atoms with Crippen LogP contribution in [0.25, 0.3) is 0 Å². The smallest absolute Gasteiger partial charge is 0.303 e. The third kappa shape index (κ3) is 5.61. The monoisotopic (exact) mass is 268 g/mol. The van der Waals surface area contributed by atoms with Crippen molar-refractivity contribution in [1.82, 2.24) is 0 Å². The molecule has 5 nitrogen and oxygen atoms in total. The number of benzene rings is 1. The number of aliphatic carboxylic acids is 1. The number of ether oxygens (including phenoxy) is 2. The van der Waals surface area contributed by atoms with Crippen molar-refractivity contribution in [3.8, 4) is 11.5 Å². The lowest BCUT2D eigenvalue weighted by Gasteiger charge is -2.11. The Morgan fingerprint density at radius 1 is 1.21 bits per heavy atom. The molecular weight excluding hydrogens is 248 g/mol. The summed E-state index contributed by atoms with van der Waals surface area (Å²) in [5.41, 5.74) is 0.769. The van der Waals surface area contributed by atoms with Crippen LogP contribution in [-0.4, -0.2) is 29.9 Å². The highest BCUT2D eigenvalue weighted by Crippen LogP contribution is 2.28. The lowest BCUT2D eigenvalue weighted by molar-refractivity contribution is -0.137. The van der Waals surface area contributed by atoms with E-state index >= 15 is 0 Å². The molecule has 0 fully saturated rings. The van der Waals surface area contributed by atoms with Crippen LogP contribution in [0.4, 0.5) is 0 Å². The molecule has 0 bridgehead atoms. The SMILES string of the molecule is COc1cc(CO)ccc1OCCCCCC(=O)O. The number of carbonyl (C=O) groups is 1. The highest BCUT2D eigenvalue weighted by atomic mass is 16.5. The van der Waals surface area contributed by atoms with Gasteiger partial charge in [0.1, 0.15) is 0 Å². The van der Waals surface area contributed by atoms with Gasteiger partial charge in [0.25, 0.3) is 0 Å². The van der Waals surface area contributed by atoms with Crippen molar-refractivity contribution in [3.63, 3.8) is 0 Å². The Morgan fingerprint density at radius 3 is 2.63 bits per heavy atom. The average molecular weight is 268 g/mol. The van der Waals surface area contributed by atoms with Crippen LogP contribution in [0.5, 0.6) is 11.5 Å². The molecule has 0 aromatic heterocycles. The van der Waals surface area contributed by atoms with Gasteiger partial charge in [0.15, 0.2) is 11.5 Å². The Bertz CT molecular complexity index is 403. The molecule has 0 radical (unpaired) electrons. The van der Waals surface area contributed by atoms with Crippen LogP contribution >= 0.6 is 0 Å². The molecule has 19 heavy (non-hydrogen) atoms. The molecule has 1 aromatic carbocycles. The Balaban J connectivity index is 2.34. The normalized spacial score (nSPS) is 10.2. The molecule has 1 aromatic rings. The molecule has 0 aliphatic heterocycles. The molecule has 0 amide bonds. The predicted octanol–water partition coefficient (Wildman–Crippen LogP) is 2.21. The summed E-state index contributed by atoms with van der Waals surface area (Å²) < 4.78 is 10.8. The van der Waals surface area contributed by atoms with E-state index in [4.69, 9.17) is 19.7 Å². The Kier molecular flexibility index (Phi) is 6.74. The van der Waals surface area contributed by atoms with Crippen molar-refractivity contribution < 1.29 is 24.5 Å². The highest BCUT2D eigenvalue weighted by molar-refractivity contribution is 5.66. The van der Waals surface area contributed by atoms with Crippen LogP contribution in [0.3, 0.4) is 0 Å². The van der Waals surface area contributed by atoms with Crippen LogP contribution in [0.1, 0.15) is 31.2 Å². The molecule has 0 unspecified atom stereocenters. The van der Waals surface area contributed by atoms with Gasteiger partial charge in [-0.15, -0.1) is 0 Å². The molecule has 0 aliphatic rings. The van der Waals surface area contributed by atoms with Crippen LogP contribution < -0.4 is 9.47 Å². The molecule has 0 atom stereocenters.